The number of amides is 1. The van der Waals surface area contributed by atoms with Gasteiger partial charge in [-0.2, -0.15) is 9.50 Å². The Kier molecular flexibility index (Phi) is 3.90. The Morgan fingerprint density at radius 1 is 1.11 bits per heavy atom. The molecular weight excluding hydrogens is 464 g/mol. The summed E-state index contributed by atoms with van der Waals surface area (Å²) in [4.78, 5) is 32.3. The average Bonchev–Trinajstić information content (AvgIpc) is 3.29. The van der Waals surface area contributed by atoms with Crippen molar-refractivity contribution in [1.29, 1.82) is 0 Å². The number of benzene rings is 2. The lowest BCUT2D eigenvalue weighted by molar-refractivity contribution is -0.112. The highest BCUT2D eigenvalue weighted by molar-refractivity contribution is 9.10. The molecule has 0 N–H and O–H groups in total. The lowest BCUT2D eigenvalue weighted by Crippen LogP contribution is -2.30. The van der Waals surface area contributed by atoms with Gasteiger partial charge < -0.3 is 4.90 Å². The van der Waals surface area contributed by atoms with E-state index in [0.717, 1.165) is 21.3 Å². The second kappa shape index (κ2) is 6.23. The summed E-state index contributed by atoms with van der Waals surface area (Å²) < 4.78 is 2.43. The molecule has 0 fully saturated rings. The number of nitrogens with zero attached hydrogens (tertiary/aromatic N) is 4. The fraction of sp³-hybridized carbons (Fsp3) is 0.0526. The fourth-order valence-corrected chi connectivity index (χ4v) is 4.70. The number of hydrogen-bond donors (Lipinski definition) is 0. The van der Waals surface area contributed by atoms with Gasteiger partial charge in [0.2, 0.25) is 4.96 Å². The predicted octanol–water partition coefficient (Wildman–Crippen LogP) is 3.13. The van der Waals surface area contributed by atoms with Crippen LogP contribution in [-0.4, -0.2) is 27.6 Å². The van der Waals surface area contributed by atoms with E-state index in [4.69, 9.17) is 11.6 Å². The Morgan fingerprint density at radius 3 is 2.57 bits per heavy atom. The van der Waals surface area contributed by atoms with Gasteiger partial charge in [-0.3, -0.25) is 9.59 Å². The lowest BCUT2D eigenvalue weighted by atomic mass is 10.1. The summed E-state index contributed by atoms with van der Waals surface area (Å²) in [7, 11) is 1.70. The summed E-state index contributed by atoms with van der Waals surface area (Å²) in [6, 6.07) is 12.6. The van der Waals surface area contributed by atoms with Gasteiger partial charge in [0.15, 0.2) is 5.82 Å². The first-order valence-corrected chi connectivity index (χ1v) is 10.2. The van der Waals surface area contributed by atoms with E-state index in [1.165, 1.54) is 15.9 Å². The number of likely N-dealkylation sites (N-methyl/N-ethyl adjacent to an activating group) is 1. The first kappa shape index (κ1) is 17.5. The largest absolute Gasteiger partial charge is 0.311 e. The first-order chi connectivity index (χ1) is 13.4. The smallest absolute Gasteiger partial charge is 0.291 e. The van der Waals surface area contributed by atoms with E-state index < -0.39 is 0 Å². The molecule has 1 amide bonds. The third kappa shape index (κ3) is 2.52. The van der Waals surface area contributed by atoms with Gasteiger partial charge in [0.1, 0.15) is 4.53 Å². The molecule has 6 nitrogen and oxygen atoms in total. The molecule has 5 rings (SSSR count). The van der Waals surface area contributed by atoms with Gasteiger partial charge >= 0.3 is 0 Å². The summed E-state index contributed by atoms with van der Waals surface area (Å²) in [6.07, 6.45) is 0. The van der Waals surface area contributed by atoms with Crippen molar-refractivity contribution in [3.63, 3.8) is 0 Å². The van der Waals surface area contributed by atoms with Crippen molar-refractivity contribution in [1.82, 2.24) is 14.6 Å². The molecule has 138 valence electrons. The van der Waals surface area contributed by atoms with Crippen LogP contribution in [0.4, 0.5) is 5.69 Å². The summed E-state index contributed by atoms with van der Waals surface area (Å²) in [5.41, 5.74) is 2.29. The quantitative estimate of drug-likeness (QED) is 0.426. The molecule has 4 aromatic rings. The lowest BCUT2D eigenvalue weighted by Gasteiger charge is -2.08. The standard InChI is InChI=1S/C19H10BrClN4O2S/c1-24-13-7-4-10(20)8-12(13)14(17(24)26)15-18(27)25-19(28-15)22-16(23-25)9-2-5-11(21)6-3-9/h2-8H,1H3/b15-14-. The highest BCUT2D eigenvalue weighted by Crippen LogP contribution is 2.36. The Bertz CT molecular complexity index is 1390. The number of aromatic nitrogens is 3. The number of carbonyl (C=O) groups excluding carboxylic acids is 1. The zero-order chi connectivity index (χ0) is 19.6. The fourth-order valence-electron chi connectivity index (χ4n) is 3.22. The van der Waals surface area contributed by atoms with Gasteiger partial charge in [-0.05, 0) is 42.5 Å². The Balaban J connectivity index is 1.75. The molecule has 0 atom stereocenters. The van der Waals surface area contributed by atoms with Crippen LogP contribution >= 0.6 is 38.9 Å². The van der Waals surface area contributed by atoms with Crippen LogP contribution in [0.1, 0.15) is 5.56 Å². The van der Waals surface area contributed by atoms with Crippen LogP contribution in [0.15, 0.2) is 51.7 Å². The van der Waals surface area contributed by atoms with E-state index >= 15 is 0 Å². The molecule has 2 aromatic heterocycles. The zero-order valence-corrected chi connectivity index (χ0v) is 17.5. The maximum atomic E-state index is 13.0. The molecule has 28 heavy (non-hydrogen) atoms. The molecule has 0 bridgehead atoms. The molecule has 0 spiro atoms. The molecule has 9 heteroatoms. The molecule has 0 radical (unpaired) electrons. The van der Waals surface area contributed by atoms with E-state index in [9.17, 15) is 9.59 Å². The predicted molar refractivity (Wildman–Crippen MR) is 113 cm³/mol. The Hall–Kier alpha value is -2.55. The number of halogens is 2. The van der Waals surface area contributed by atoms with Crippen LogP contribution in [0.2, 0.25) is 5.02 Å². The van der Waals surface area contributed by atoms with Crippen LogP contribution < -0.4 is 15.0 Å². The molecule has 1 aliphatic rings. The van der Waals surface area contributed by atoms with E-state index in [2.05, 4.69) is 26.0 Å². The summed E-state index contributed by atoms with van der Waals surface area (Å²) in [5.74, 6) is 0.224. The molecule has 0 saturated heterocycles. The van der Waals surface area contributed by atoms with Crippen LogP contribution in [0, 0.1) is 0 Å². The second-order valence-corrected chi connectivity index (χ2v) is 8.60. The van der Waals surface area contributed by atoms with Gasteiger partial charge in [0.05, 0.1) is 11.3 Å². The SMILES string of the molecule is CN1C(=O)/C(=c2\sc3nc(-c4ccc(Cl)cc4)nn3c2=O)c2cc(Br)ccc21. The maximum absolute atomic E-state index is 13.0. The molecule has 2 aromatic carbocycles. The number of fused-ring (bicyclic) bond motifs is 2. The van der Waals surface area contributed by atoms with Crippen molar-refractivity contribution in [3.05, 3.63) is 72.4 Å². The van der Waals surface area contributed by atoms with Crippen molar-refractivity contribution in [2.75, 3.05) is 11.9 Å². The number of hydrogen-bond acceptors (Lipinski definition) is 5. The number of anilines is 1. The molecule has 0 unspecified atom stereocenters. The number of rotatable bonds is 1. The molecule has 0 saturated carbocycles. The van der Waals surface area contributed by atoms with E-state index in [1.807, 2.05) is 18.2 Å². The molecule has 3 heterocycles. The molecule has 0 aliphatic carbocycles. The van der Waals surface area contributed by atoms with Gasteiger partial charge in [0, 0.05) is 27.7 Å². The third-order valence-electron chi connectivity index (χ3n) is 4.59. The van der Waals surface area contributed by atoms with Crippen LogP contribution in [0.25, 0.3) is 21.9 Å². The topological polar surface area (TPSA) is 67.6 Å². The summed E-state index contributed by atoms with van der Waals surface area (Å²) >= 11 is 10.5. The minimum atomic E-state index is -0.350. The zero-order valence-electron chi connectivity index (χ0n) is 14.3. The van der Waals surface area contributed by atoms with Crippen LogP contribution in [-0.2, 0) is 4.79 Å². The van der Waals surface area contributed by atoms with Crippen molar-refractivity contribution in [2.45, 2.75) is 0 Å². The van der Waals surface area contributed by atoms with Crippen molar-refractivity contribution in [3.8, 4) is 11.4 Å². The van der Waals surface area contributed by atoms with E-state index in [0.29, 0.717) is 25.9 Å². The van der Waals surface area contributed by atoms with Crippen LogP contribution in [0.5, 0.6) is 0 Å². The van der Waals surface area contributed by atoms with Crippen molar-refractivity contribution in [2.24, 2.45) is 0 Å². The number of carbonyl (C=O) groups is 1. The Labute approximate surface area is 175 Å². The van der Waals surface area contributed by atoms with Crippen molar-refractivity contribution >= 4 is 61.0 Å². The monoisotopic (exact) mass is 472 g/mol. The van der Waals surface area contributed by atoms with Gasteiger partial charge in [0.25, 0.3) is 11.5 Å². The second-order valence-electron chi connectivity index (χ2n) is 6.27. The van der Waals surface area contributed by atoms with E-state index in [-0.39, 0.29) is 11.5 Å². The minimum Gasteiger partial charge on any atom is -0.311 e. The van der Waals surface area contributed by atoms with E-state index in [1.54, 1.807) is 36.2 Å². The highest BCUT2D eigenvalue weighted by atomic mass is 79.9. The number of thiazole rings is 1. The van der Waals surface area contributed by atoms with Gasteiger partial charge in [-0.1, -0.05) is 38.9 Å². The van der Waals surface area contributed by atoms with Crippen LogP contribution in [0.3, 0.4) is 0 Å². The Morgan fingerprint density at radius 2 is 1.86 bits per heavy atom. The highest BCUT2D eigenvalue weighted by Gasteiger charge is 2.32. The van der Waals surface area contributed by atoms with Crippen molar-refractivity contribution < 1.29 is 4.79 Å². The van der Waals surface area contributed by atoms with Gasteiger partial charge in [-0.25, -0.2) is 0 Å². The normalized spacial score (nSPS) is 15.5. The average molecular weight is 474 g/mol. The molecule has 1 aliphatic heterocycles. The van der Waals surface area contributed by atoms with Gasteiger partial charge in [-0.15, -0.1) is 5.10 Å². The maximum Gasteiger partial charge on any atom is 0.291 e. The third-order valence-corrected chi connectivity index (χ3v) is 6.37. The minimum absolute atomic E-state index is 0.215. The molecular formula is C19H10BrClN4O2S. The summed E-state index contributed by atoms with van der Waals surface area (Å²) in [6.45, 7) is 0. The summed E-state index contributed by atoms with van der Waals surface area (Å²) in [5, 5.41) is 4.95. The first-order valence-electron chi connectivity index (χ1n) is 8.22.